The van der Waals surface area contributed by atoms with E-state index in [1.807, 2.05) is 30.3 Å². The predicted molar refractivity (Wildman–Crippen MR) is 107 cm³/mol. The van der Waals surface area contributed by atoms with Crippen molar-refractivity contribution in [1.29, 1.82) is 0 Å². The van der Waals surface area contributed by atoms with E-state index in [4.69, 9.17) is 9.47 Å². The van der Waals surface area contributed by atoms with Crippen LogP contribution in [0.25, 0.3) is 0 Å². The van der Waals surface area contributed by atoms with E-state index in [0.29, 0.717) is 37.0 Å². The number of methoxy groups -OCH3 is 1. The van der Waals surface area contributed by atoms with Gasteiger partial charge in [-0.2, -0.15) is 0 Å². The van der Waals surface area contributed by atoms with Crippen LogP contribution in [0.3, 0.4) is 0 Å². The molecule has 3 unspecified atom stereocenters. The Bertz CT molecular complexity index is 809. The van der Waals surface area contributed by atoms with Gasteiger partial charge in [0.1, 0.15) is 6.61 Å². The number of nitrogens with one attached hydrogen (secondary N) is 1. The Kier molecular flexibility index (Phi) is 5.79. The molecule has 2 aliphatic rings. The summed E-state index contributed by atoms with van der Waals surface area (Å²) in [4.78, 5) is 16.4. The zero-order valence-corrected chi connectivity index (χ0v) is 16.4. The summed E-state index contributed by atoms with van der Waals surface area (Å²) in [5, 5.41) is 3.07. The van der Waals surface area contributed by atoms with Crippen LogP contribution in [0.1, 0.15) is 43.2 Å². The maximum atomic E-state index is 12.4. The summed E-state index contributed by atoms with van der Waals surface area (Å²) in [5.41, 5.74) is 2.06. The Hall–Kier alpha value is -2.56. The highest BCUT2D eigenvalue weighted by Crippen LogP contribution is 2.49. The third-order valence-electron chi connectivity index (χ3n) is 6.19. The van der Waals surface area contributed by atoms with Crippen molar-refractivity contribution in [3.05, 3.63) is 53.9 Å². The molecule has 2 saturated carbocycles. The van der Waals surface area contributed by atoms with Crippen LogP contribution in [0, 0.1) is 17.8 Å². The average Bonchev–Trinajstić information content (AvgIpc) is 3.35. The van der Waals surface area contributed by atoms with Crippen molar-refractivity contribution in [2.45, 2.75) is 45.3 Å². The van der Waals surface area contributed by atoms with Crippen LogP contribution in [0.4, 0.5) is 0 Å². The summed E-state index contributed by atoms with van der Waals surface area (Å²) in [6, 6.07) is 9.65. The summed E-state index contributed by atoms with van der Waals surface area (Å²) in [6.45, 7) is 0.971. The highest BCUT2D eigenvalue weighted by Gasteiger charge is 2.39. The monoisotopic (exact) mass is 380 g/mol. The van der Waals surface area contributed by atoms with Crippen molar-refractivity contribution >= 4 is 5.91 Å². The number of carbonyl (C=O) groups excluding carboxylic acids is 1. The molecule has 2 fully saturated rings. The van der Waals surface area contributed by atoms with Gasteiger partial charge in [0.2, 0.25) is 5.91 Å². The Labute approximate surface area is 166 Å². The second kappa shape index (κ2) is 8.63. The molecule has 0 radical (unpaired) electrons. The lowest BCUT2D eigenvalue weighted by Gasteiger charge is -2.21. The number of hydrogen-bond donors (Lipinski definition) is 1. The number of carbonyl (C=O) groups is 1. The zero-order chi connectivity index (χ0) is 19.3. The van der Waals surface area contributed by atoms with Gasteiger partial charge in [-0.15, -0.1) is 0 Å². The number of nitrogens with zero attached hydrogens (tertiary/aromatic N) is 1. The topological polar surface area (TPSA) is 60.5 Å². The van der Waals surface area contributed by atoms with E-state index in [9.17, 15) is 4.79 Å². The Balaban J connectivity index is 1.29. The van der Waals surface area contributed by atoms with E-state index in [0.717, 1.165) is 23.0 Å². The van der Waals surface area contributed by atoms with E-state index >= 15 is 0 Å². The Morgan fingerprint density at radius 3 is 2.68 bits per heavy atom. The number of fused-ring (bicyclic) bond motifs is 2. The minimum atomic E-state index is 0.162. The van der Waals surface area contributed by atoms with Crippen LogP contribution in [0.2, 0.25) is 0 Å². The highest BCUT2D eigenvalue weighted by molar-refractivity contribution is 5.76. The van der Waals surface area contributed by atoms with Gasteiger partial charge in [0.05, 0.1) is 7.11 Å². The molecule has 5 heteroatoms. The molecule has 1 aromatic carbocycles. The maximum absolute atomic E-state index is 12.4. The molecule has 5 nitrogen and oxygen atoms in total. The quantitative estimate of drug-likeness (QED) is 0.749. The second-order valence-electron chi connectivity index (χ2n) is 8.05. The van der Waals surface area contributed by atoms with Gasteiger partial charge in [-0.05, 0) is 72.4 Å². The zero-order valence-electron chi connectivity index (χ0n) is 16.4. The molecule has 28 heavy (non-hydrogen) atoms. The molecule has 1 heterocycles. The molecule has 0 saturated heterocycles. The van der Waals surface area contributed by atoms with Gasteiger partial charge in [0.15, 0.2) is 11.5 Å². The van der Waals surface area contributed by atoms with Crippen LogP contribution in [0.15, 0.2) is 42.7 Å². The lowest BCUT2D eigenvalue weighted by molar-refractivity contribution is -0.122. The molecule has 0 spiro atoms. The van der Waals surface area contributed by atoms with Gasteiger partial charge in [-0.3, -0.25) is 9.78 Å². The number of benzene rings is 1. The lowest BCUT2D eigenvalue weighted by Crippen LogP contribution is -2.26. The third kappa shape index (κ3) is 4.46. The van der Waals surface area contributed by atoms with Crippen LogP contribution in [-0.4, -0.2) is 18.0 Å². The summed E-state index contributed by atoms with van der Waals surface area (Å²) in [7, 11) is 1.63. The molecule has 1 amide bonds. The predicted octanol–water partition coefficient (Wildman–Crippen LogP) is 4.11. The van der Waals surface area contributed by atoms with Crippen LogP contribution >= 0.6 is 0 Å². The normalized spacial score (nSPS) is 22.8. The van der Waals surface area contributed by atoms with Crippen molar-refractivity contribution in [3.8, 4) is 11.5 Å². The van der Waals surface area contributed by atoms with Crippen LogP contribution < -0.4 is 14.8 Å². The molecule has 2 bridgehead atoms. The standard InChI is InChI=1S/C23H28N2O3/c1-27-22-12-18(3-5-21(22)28-15-16-6-8-24-9-7-16)14-25-23(26)13-20-11-17-2-4-19(20)10-17/h3,5-9,12,17,19-20H,2,4,10-11,13-15H2,1H3,(H,25,26). The van der Waals surface area contributed by atoms with Crippen molar-refractivity contribution in [2.24, 2.45) is 17.8 Å². The van der Waals surface area contributed by atoms with Gasteiger partial charge in [-0.25, -0.2) is 0 Å². The third-order valence-corrected chi connectivity index (χ3v) is 6.19. The number of ether oxygens (including phenoxy) is 2. The molecule has 3 atom stereocenters. The number of pyridine rings is 1. The Morgan fingerprint density at radius 1 is 1.11 bits per heavy atom. The first-order chi connectivity index (χ1) is 13.7. The van der Waals surface area contributed by atoms with Gasteiger partial charge in [0, 0.05) is 25.4 Å². The molecule has 2 aromatic rings. The SMILES string of the molecule is COc1cc(CNC(=O)CC2CC3CCC2C3)ccc1OCc1ccncc1. The molecule has 148 valence electrons. The molecule has 0 aliphatic heterocycles. The van der Waals surface area contributed by atoms with Gasteiger partial charge >= 0.3 is 0 Å². The van der Waals surface area contributed by atoms with Gasteiger partial charge in [-0.1, -0.05) is 12.5 Å². The highest BCUT2D eigenvalue weighted by atomic mass is 16.5. The van der Waals surface area contributed by atoms with E-state index in [1.54, 1.807) is 19.5 Å². The largest absolute Gasteiger partial charge is 0.493 e. The molecular weight excluding hydrogens is 352 g/mol. The fourth-order valence-corrected chi connectivity index (χ4v) is 4.72. The van der Waals surface area contributed by atoms with Gasteiger partial charge in [0.25, 0.3) is 0 Å². The van der Waals surface area contributed by atoms with Crippen molar-refractivity contribution < 1.29 is 14.3 Å². The second-order valence-corrected chi connectivity index (χ2v) is 8.05. The van der Waals surface area contributed by atoms with Gasteiger partial charge < -0.3 is 14.8 Å². The smallest absolute Gasteiger partial charge is 0.220 e. The molecule has 4 rings (SSSR count). The van der Waals surface area contributed by atoms with E-state index < -0.39 is 0 Å². The molecule has 1 aromatic heterocycles. The van der Waals surface area contributed by atoms with E-state index in [2.05, 4.69) is 10.3 Å². The van der Waals surface area contributed by atoms with Crippen molar-refractivity contribution in [2.75, 3.05) is 7.11 Å². The fourth-order valence-electron chi connectivity index (χ4n) is 4.72. The summed E-state index contributed by atoms with van der Waals surface area (Å²) >= 11 is 0. The summed E-state index contributed by atoms with van der Waals surface area (Å²) in [5.74, 6) is 3.79. The number of amides is 1. The first-order valence-corrected chi connectivity index (χ1v) is 10.2. The van der Waals surface area contributed by atoms with E-state index in [-0.39, 0.29) is 5.91 Å². The van der Waals surface area contributed by atoms with Crippen LogP contribution in [-0.2, 0) is 17.9 Å². The summed E-state index contributed by atoms with van der Waals surface area (Å²) < 4.78 is 11.3. The molecule has 1 N–H and O–H groups in total. The first-order valence-electron chi connectivity index (χ1n) is 10.2. The lowest BCUT2D eigenvalue weighted by atomic mass is 9.86. The average molecular weight is 380 g/mol. The van der Waals surface area contributed by atoms with Crippen molar-refractivity contribution in [1.82, 2.24) is 10.3 Å². The minimum Gasteiger partial charge on any atom is -0.493 e. The number of aromatic nitrogens is 1. The van der Waals surface area contributed by atoms with Crippen molar-refractivity contribution in [3.63, 3.8) is 0 Å². The maximum Gasteiger partial charge on any atom is 0.220 e. The Morgan fingerprint density at radius 2 is 1.96 bits per heavy atom. The number of rotatable bonds is 8. The molecule has 2 aliphatic carbocycles. The molecular formula is C23H28N2O3. The number of hydrogen-bond acceptors (Lipinski definition) is 4. The minimum absolute atomic E-state index is 0.162. The fraction of sp³-hybridized carbons (Fsp3) is 0.478. The van der Waals surface area contributed by atoms with Crippen LogP contribution in [0.5, 0.6) is 11.5 Å². The first kappa shape index (κ1) is 18.8. The van der Waals surface area contributed by atoms with E-state index in [1.165, 1.54) is 25.7 Å². The summed E-state index contributed by atoms with van der Waals surface area (Å²) in [6.07, 6.45) is 9.45.